The van der Waals surface area contributed by atoms with Crippen molar-refractivity contribution >= 4 is 35.4 Å². The van der Waals surface area contributed by atoms with Crippen molar-refractivity contribution in [2.75, 3.05) is 26.3 Å². The molecule has 0 bridgehead atoms. The fraction of sp³-hybridized carbons (Fsp3) is 0.520. The van der Waals surface area contributed by atoms with Crippen molar-refractivity contribution in [1.82, 2.24) is 20.9 Å². The lowest BCUT2D eigenvalue weighted by molar-refractivity contribution is -0.136. The zero-order valence-corrected chi connectivity index (χ0v) is 21.2. The number of hydrogen-bond acceptors (Lipinski definition) is 8. The molecule has 1 unspecified atom stereocenters. The van der Waals surface area contributed by atoms with Crippen molar-refractivity contribution in [1.29, 1.82) is 0 Å². The molecule has 0 spiro atoms. The lowest BCUT2D eigenvalue weighted by atomic mass is 10.0. The van der Waals surface area contributed by atoms with Crippen LogP contribution in [0, 0.1) is 0 Å². The van der Waals surface area contributed by atoms with Gasteiger partial charge in [0.25, 0.3) is 17.7 Å². The van der Waals surface area contributed by atoms with Gasteiger partial charge in [-0.25, -0.2) is 0 Å². The Labute approximate surface area is 214 Å². The minimum atomic E-state index is -1.09. The summed E-state index contributed by atoms with van der Waals surface area (Å²) in [4.78, 5) is 74.3. The minimum Gasteiger partial charge on any atom is -0.483 e. The summed E-state index contributed by atoms with van der Waals surface area (Å²) in [6, 6.07) is 3.35. The number of rotatable bonds is 11. The second-order valence-corrected chi connectivity index (χ2v) is 9.72. The van der Waals surface area contributed by atoms with E-state index in [4.69, 9.17) is 9.47 Å². The van der Waals surface area contributed by atoms with E-state index in [-0.39, 0.29) is 54.4 Å². The Morgan fingerprint density at radius 2 is 1.65 bits per heavy atom. The molecule has 1 aromatic rings. The van der Waals surface area contributed by atoms with Crippen LogP contribution in [0.15, 0.2) is 18.2 Å². The molecule has 0 aromatic heterocycles. The van der Waals surface area contributed by atoms with Crippen molar-refractivity contribution < 1.29 is 38.2 Å². The average molecular weight is 517 g/mol. The molecular weight excluding hydrogens is 484 g/mol. The molecule has 1 atom stereocenters. The lowest BCUT2D eigenvalue weighted by Crippen LogP contribution is -2.54. The van der Waals surface area contributed by atoms with Gasteiger partial charge in [0.15, 0.2) is 6.61 Å². The van der Waals surface area contributed by atoms with Crippen LogP contribution < -0.4 is 20.7 Å². The van der Waals surface area contributed by atoms with E-state index in [2.05, 4.69) is 16.0 Å². The second kappa shape index (κ2) is 12.0. The van der Waals surface area contributed by atoms with Crippen molar-refractivity contribution in [2.45, 2.75) is 58.1 Å². The zero-order chi connectivity index (χ0) is 27.2. The molecule has 12 heteroatoms. The third kappa shape index (κ3) is 7.35. The summed E-state index contributed by atoms with van der Waals surface area (Å²) < 4.78 is 10.9. The first-order valence-corrected chi connectivity index (χ1v) is 12.1. The Kier molecular flexibility index (Phi) is 8.98. The van der Waals surface area contributed by atoms with E-state index in [9.17, 15) is 28.8 Å². The number of imide groups is 2. The summed E-state index contributed by atoms with van der Waals surface area (Å²) in [6.07, 6.45) is 1.34. The Morgan fingerprint density at radius 1 is 1.00 bits per heavy atom. The van der Waals surface area contributed by atoms with Gasteiger partial charge < -0.3 is 20.1 Å². The molecule has 2 aliphatic heterocycles. The van der Waals surface area contributed by atoms with E-state index in [0.717, 1.165) is 4.90 Å². The topological polar surface area (TPSA) is 160 Å². The number of unbranched alkanes of at least 4 members (excludes halogenated alkanes) is 1. The highest BCUT2D eigenvalue weighted by atomic mass is 16.5. The fourth-order valence-corrected chi connectivity index (χ4v) is 3.84. The van der Waals surface area contributed by atoms with Crippen molar-refractivity contribution in [3.63, 3.8) is 0 Å². The lowest BCUT2D eigenvalue weighted by Gasteiger charge is -2.27. The van der Waals surface area contributed by atoms with Gasteiger partial charge in [0.1, 0.15) is 18.4 Å². The van der Waals surface area contributed by atoms with Gasteiger partial charge in [0.2, 0.25) is 17.7 Å². The third-order valence-electron chi connectivity index (χ3n) is 5.67. The maximum absolute atomic E-state index is 13.0. The molecule has 0 aliphatic carbocycles. The van der Waals surface area contributed by atoms with Gasteiger partial charge in [0, 0.05) is 19.5 Å². The quantitative estimate of drug-likeness (QED) is 0.280. The molecule has 0 saturated carbocycles. The second-order valence-electron chi connectivity index (χ2n) is 9.72. The number of carbonyl (C=O) groups excluding carboxylic acids is 6. The van der Waals surface area contributed by atoms with Gasteiger partial charge in [-0.05, 0) is 52.2 Å². The van der Waals surface area contributed by atoms with E-state index in [1.165, 1.54) is 18.2 Å². The van der Waals surface area contributed by atoms with Crippen LogP contribution in [-0.2, 0) is 23.9 Å². The smallest absolute Gasteiger partial charge is 0.266 e. The van der Waals surface area contributed by atoms with Crippen LogP contribution >= 0.6 is 0 Å². The van der Waals surface area contributed by atoms with Crippen molar-refractivity contribution in [3.05, 3.63) is 29.3 Å². The predicted molar refractivity (Wildman–Crippen MR) is 130 cm³/mol. The average Bonchev–Trinajstić information content (AvgIpc) is 3.08. The van der Waals surface area contributed by atoms with Crippen molar-refractivity contribution in [3.8, 4) is 5.75 Å². The molecule has 2 aliphatic rings. The van der Waals surface area contributed by atoms with Crippen LogP contribution in [0.3, 0.4) is 0 Å². The normalized spacial score (nSPS) is 17.4. The SMILES string of the molecule is CC(C)(C)OCC(=O)NCCCCNC(=O)COc1cccc2c1C(=O)N(C1CCC(=O)NC1=O)C2=O. The molecule has 3 rings (SSSR count). The maximum atomic E-state index is 13.0. The number of nitrogens with one attached hydrogen (secondary N) is 3. The van der Waals surface area contributed by atoms with Gasteiger partial charge in [-0.3, -0.25) is 39.0 Å². The van der Waals surface area contributed by atoms with Gasteiger partial charge in [-0.1, -0.05) is 6.07 Å². The molecule has 2 heterocycles. The molecule has 0 radical (unpaired) electrons. The standard InChI is InChI=1S/C25H32N4O8/c1-25(2,3)37-14-20(32)27-12-5-4-11-26-19(31)13-36-17-8-6-7-15-21(17)24(35)29(23(15)34)16-9-10-18(30)28-22(16)33/h6-8,16H,4-5,9-14H2,1-3H3,(H,26,31)(H,27,32)(H,28,30,33). The minimum absolute atomic E-state index is 0.0137. The van der Waals surface area contributed by atoms with Crippen LogP contribution in [-0.4, -0.2) is 78.3 Å². The van der Waals surface area contributed by atoms with E-state index in [1.54, 1.807) is 0 Å². The van der Waals surface area contributed by atoms with Gasteiger partial charge in [-0.15, -0.1) is 0 Å². The highest BCUT2D eigenvalue weighted by molar-refractivity contribution is 6.24. The summed E-state index contributed by atoms with van der Waals surface area (Å²) in [7, 11) is 0. The Bertz CT molecular complexity index is 1090. The summed E-state index contributed by atoms with van der Waals surface area (Å²) in [5, 5.41) is 7.59. The fourth-order valence-electron chi connectivity index (χ4n) is 3.84. The van der Waals surface area contributed by atoms with Crippen LogP contribution in [0.1, 0.15) is 67.2 Å². The number of hydrogen-bond donors (Lipinski definition) is 3. The molecule has 200 valence electrons. The molecule has 37 heavy (non-hydrogen) atoms. The molecule has 3 N–H and O–H groups in total. The highest BCUT2D eigenvalue weighted by Gasteiger charge is 2.46. The maximum Gasteiger partial charge on any atom is 0.266 e. The number of amides is 6. The van der Waals surface area contributed by atoms with Crippen LogP contribution in [0.5, 0.6) is 5.75 Å². The first kappa shape index (κ1) is 27.8. The highest BCUT2D eigenvalue weighted by Crippen LogP contribution is 2.33. The molecule has 1 aromatic carbocycles. The molecule has 12 nitrogen and oxygen atoms in total. The predicted octanol–water partition coefficient (Wildman–Crippen LogP) is 0.294. The summed E-state index contributed by atoms with van der Waals surface area (Å²) >= 11 is 0. The van der Waals surface area contributed by atoms with Gasteiger partial charge in [0.05, 0.1) is 16.7 Å². The summed E-state index contributed by atoms with van der Waals surface area (Å²) in [5.41, 5.74) is -0.335. The monoisotopic (exact) mass is 516 g/mol. The van der Waals surface area contributed by atoms with E-state index in [1.807, 2.05) is 20.8 Å². The first-order valence-electron chi connectivity index (χ1n) is 12.1. The zero-order valence-electron chi connectivity index (χ0n) is 21.2. The number of ether oxygens (including phenoxy) is 2. The number of carbonyl (C=O) groups is 6. The summed E-state index contributed by atoms with van der Waals surface area (Å²) in [6.45, 7) is 6.03. The van der Waals surface area contributed by atoms with E-state index in [0.29, 0.717) is 25.9 Å². The van der Waals surface area contributed by atoms with Crippen molar-refractivity contribution in [2.24, 2.45) is 0 Å². The first-order chi connectivity index (χ1) is 17.5. The molecule has 6 amide bonds. The van der Waals surface area contributed by atoms with Crippen LogP contribution in [0.25, 0.3) is 0 Å². The van der Waals surface area contributed by atoms with Gasteiger partial charge >= 0.3 is 0 Å². The number of piperidine rings is 1. The number of nitrogens with zero attached hydrogens (tertiary/aromatic N) is 1. The van der Waals surface area contributed by atoms with Crippen LogP contribution in [0.2, 0.25) is 0 Å². The molecule has 1 saturated heterocycles. The largest absolute Gasteiger partial charge is 0.483 e. The van der Waals surface area contributed by atoms with E-state index < -0.39 is 35.6 Å². The third-order valence-corrected chi connectivity index (χ3v) is 5.67. The van der Waals surface area contributed by atoms with Crippen LogP contribution in [0.4, 0.5) is 0 Å². The Balaban J connectivity index is 1.43. The summed E-state index contributed by atoms with van der Waals surface area (Å²) in [5.74, 6) is -3.08. The Hall–Kier alpha value is -3.80. The molecular formula is C25H32N4O8. The number of benzene rings is 1. The van der Waals surface area contributed by atoms with Gasteiger partial charge in [-0.2, -0.15) is 0 Å². The Morgan fingerprint density at radius 3 is 2.27 bits per heavy atom. The van der Waals surface area contributed by atoms with E-state index >= 15 is 0 Å². The molecule has 1 fully saturated rings. The number of fused-ring (bicyclic) bond motifs is 1.